The molecule has 3 heteroatoms. The summed E-state index contributed by atoms with van der Waals surface area (Å²) in [5.74, 6) is -0.927. The van der Waals surface area contributed by atoms with Gasteiger partial charge in [0.2, 0.25) is 0 Å². The van der Waals surface area contributed by atoms with Gasteiger partial charge in [-0.05, 0) is 61.7 Å². The zero-order valence-corrected chi connectivity index (χ0v) is 11.3. The van der Waals surface area contributed by atoms with Gasteiger partial charge in [0.15, 0.2) is 0 Å². The van der Waals surface area contributed by atoms with Crippen LogP contribution in [0.15, 0.2) is 36.4 Å². The highest BCUT2D eigenvalue weighted by molar-refractivity contribution is 6.04. The van der Waals surface area contributed by atoms with Crippen LogP contribution in [0.5, 0.6) is 0 Å². The fraction of sp³-hybridized carbons (Fsp3) is 0.188. The number of rotatable bonds is 2. The van der Waals surface area contributed by atoms with E-state index in [0.29, 0.717) is 5.69 Å². The predicted molar refractivity (Wildman–Crippen MR) is 75.0 cm³/mol. The number of hydrogen-bond donors (Lipinski definition) is 1. The number of benzene rings is 2. The second-order valence-corrected chi connectivity index (χ2v) is 4.81. The van der Waals surface area contributed by atoms with E-state index in [-0.39, 0.29) is 5.56 Å². The van der Waals surface area contributed by atoms with E-state index in [9.17, 15) is 9.18 Å². The maximum atomic E-state index is 13.7. The van der Waals surface area contributed by atoms with Gasteiger partial charge in [-0.25, -0.2) is 4.39 Å². The molecule has 2 aromatic rings. The molecule has 0 radical (unpaired) electrons. The molecule has 0 unspecified atom stereocenters. The van der Waals surface area contributed by atoms with Gasteiger partial charge in [0, 0.05) is 5.69 Å². The van der Waals surface area contributed by atoms with Gasteiger partial charge in [0.1, 0.15) is 5.82 Å². The minimum Gasteiger partial charge on any atom is -0.322 e. The molecule has 2 nitrogen and oxygen atoms in total. The second kappa shape index (κ2) is 5.22. The number of halogens is 1. The van der Waals surface area contributed by atoms with Crippen LogP contribution in [-0.4, -0.2) is 5.91 Å². The number of aryl methyl sites for hydroxylation is 3. The number of anilines is 1. The summed E-state index contributed by atoms with van der Waals surface area (Å²) in [6.45, 7) is 5.69. The molecule has 98 valence electrons. The van der Waals surface area contributed by atoms with E-state index in [1.54, 1.807) is 13.0 Å². The minimum atomic E-state index is -0.498. The molecule has 0 aliphatic rings. The van der Waals surface area contributed by atoms with E-state index >= 15 is 0 Å². The Morgan fingerprint density at radius 2 is 1.58 bits per heavy atom. The first kappa shape index (κ1) is 13.3. The number of carbonyl (C=O) groups excluding carboxylic acids is 1. The van der Waals surface area contributed by atoms with E-state index in [4.69, 9.17) is 0 Å². The summed E-state index contributed by atoms with van der Waals surface area (Å²) in [5, 5.41) is 2.72. The standard InChI is InChI=1S/C16H16FNO/c1-10-4-5-14(15(17)9-10)16(19)18-13-7-11(2)6-12(3)8-13/h4-9H,1-3H3,(H,18,19). The Bertz CT molecular complexity index is 614. The molecule has 1 N–H and O–H groups in total. The number of amides is 1. The Balaban J connectivity index is 2.25. The molecule has 0 spiro atoms. The molecule has 2 rings (SSSR count). The maximum Gasteiger partial charge on any atom is 0.258 e. The van der Waals surface area contributed by atoms with Gasteiger partial charge in [-0.3, -0.25) is 4.79 Å². The van der Waals surface area contributed by atoms with Crippen LogP contribution in [0.2, 0.25) is 0 Å². The lowest BCUT2D eigenvalue weighted by Crippen LogP contribution is -2.14. The van der Waals surface area contributed by atoms with Gasteiger partial charge in [-0.2, -0.15) is 0 Å². The first-order valence-electron chi connectivity index (χ1n) is 6.11. The largest absolute Gasteiger partial charge is 0.322 e. The van der Waals surface area contributed by atoms with Gasteiger partial charge in [0.05, 0.1) is 5.56 Å². The molecule has 1 amide bonds. The predicted octanol–water partition coefficient (Wildman–Crippen LogP) is 4.00. The van der Waals surface area contributed by atoms with Gasteiger partial charge >= 0.3 is 0 Å². The third-order valence-corrected chi connectivity index (χ3v) is 2.85. The molecule has 0 aromatic heterocycles. The van der Waals surface area contributed by atoms with Crippen molar-refractivity contribution in [2.24, 2.45) is 0 Å². The van der Waals surface area contributed by atoms with E-state index in [2.05, 4.69) is 5.32 Å². The molecule has 0 aliphatic heterocycles. The highest BCUT2D eigenvalue weighted by Gasteiger charge is 2.12. The summed E-state index contributed by atoms with van der Waals surface area (Å²) in [4.78, 5) is 12.0. The van der Waals surface area contributed by atoms with Gasteiger partial charge in [0.25, 0.3) is 5.91 Å². The first-order valence-corrected chi connectivity index (χ1v) is 6.11. The SMILES string of the molecule is Cc1cc(C)cc(NC(=O)c2ccc(C)cc2F)c1. The van der Waals surface area contributed by atoms with Crippen LogP contribution in [0.1, 0.15) is 27.0 Å². The zero-order valence-electron chi connectivity index (χ0n) is 11.3. The molecule has 19 heavy (non-hydrogen) atoms. The number of hydrogen-bond acceptors (Lipinski definition) is 1. The summed E-state index contributed by atoms with van der Waals surface area (Å²) in [5.41, 5.74) is 3.65. The third-order valence-electron chi connectivity index (χ3n) is 2.85. The number of carbonyl (C=O) groups is 1. The normalized spacial score (nSPS) is 10.3. The lowest BCUT2D eigenvalue weighted by atomic mass is 10.1. The quantitative estimate of drug-likeness (QED) is 0.865. The molecule has 0 atom stereocenters. The van der Waals surface area contributed by atoms with Crippen molar-refractivity contribution < 1.29 is 9.18 Å². The lowest BCUT2D eigenvalue weighted by Gasteiger charge is -2.08. The second-order valence-electron chi connectivity index (χ2n) is 4.81. The van der Waals surface area contributed by atoms with Crippen molar-refractivity contribution in [1.82, 2.24) is 0 Å². The zero-order chi connectivity index (χ0) is 14.0. The number of nitrogens with one attached hydrogen (secondary N) is 1. The maximum absolute atomic E-state index is 13.7. The molecule has 0 saturated heterocycles. The molecule has 0 heterocycles. The molecule has 2 aromatic carbocycles. The Hall–Kier alpha value is -2.16. The lowest BCUT2D eigenvalue weighted by molar-refractivity contribution is 0.102. The average molecular weight is 257 g/mol. The van der Waals surface area contributed by atoms with E-state index in [0.717, 1.165) is 16.7 Å². The molecule has 0 fully saturated rings. The van der Waals surface area contributed by atoms with Crippen LogP contribution in [-0.2, 0) is 0 Å². The van der Waals surface area contributed by atoms with Gasteiger partial charge in [-0.1, -0.05) is 12.1 Å². The van der Waals surface area contributed by atoms with Crippen molar-refractivity contribution in [1.29, 1.82) is 0 Å². The summed E-state index contributed by atoms with van der Waals surface area (Å²) in [6, 6.07) is 10.3. The van der Waals surface area contributed by atoms with Crippen molar-refractivity contribution in [3.63, 3.8) is 0 Å². The summed E-state index contributed by atoms with van der Waals surface area (Å²) >= 11 is 0. The van der Waals surface area contributed by atoms with Crippen LogP contribution >= 0.6 is 0 Å². The Kier molecular flexibility index (Phi) is 3.65. The van der Waals surface area contributed by atoms with E-state index in [1.165, 1.54) is 12.1 Å². The molecule has 0 saturated carbocycles. The van der Waals surface area contributed by atoms with Crippen molar-refractivity contribution in [3.05, 3.63) is 64.5 Å². The van der Waals surface area contributed by atoms with E-state index < -0.39 is 11.7 Å². The Morgan fingerprint density at radius 3 is 2.16 bits per heavy atom. The smallest absolute Gasteiger partial charge is 0.258 e. The van der Waals surface area contributed by atoms with Crippen LogP contribution < -0.4 is 5.32 Å². The summed E-state index contributed by atoms with van der Waals surface area (Å²) in [7, 11) is 0. The van der Waals surface area contributed by atoms with Crippen molar-refractivity contribution in [3.8, 4) is 0 Å². The van der Waals surface area contributed by atoms with Gasteiger partial charge in [-0.15, -0.1) is 0 Å². The van der Waals surface area contributed by atoms with Crippen LogP contribution in [0.4, 0.5) is 10.1 Å². The summed E-state index contributed by atoms with van der Waals surface area (Å²) in [6.07, 6.45) is 0. The van der Waals surface area contributed by atoms with Crippen LogP contribution in [0.3, 0.4) is 0 Å². The highest BCUT2D eigenvalue weighted by Crippen LogP contribution is 2.16. The van der Waals surface area contributed by atoms with Crippen molar-refractivity contribution >= 4 is 11.6 Å². The molecular formula is C16H16FNO. The van der Waals surface area contributed by atoms with E-state index in [1.807, 2.05) is 32.0 Å². The highest BCUT2D eigenvalue weighted by atomic mass is 19.1. The van der Waals surface area contributed by atoms with Crippen molar-refractivity contribution in [2.75, 3.05) is 5.32 Å². The minimum absolute atomic E-state index is 0.0600. The summed E-state index contributed by atoms with van der Waals surface area (Å²) < 4.78 is 13.7. The topological polar surface area (TPSA) is 29.1 Å². The third kappa shape index (κ3) is 3.19. The fourth-order valence-electron chi connectivity index (χ4n) is 2.05. The van der Waals surface area contributed by atoms with Crippen LogP contribution in [0, 0.1) is 26.6 Å². The monoisotopic (exact) mass is 257 g/mol. The molecular weight excluding hydrogens is 241 g/mol. The fourth-order valence-corrected chi connectivity index (χ4v) is 2.05. The van der Waals surface area contributed by atoms with Crippen molar-refractivity contribution in [2.45, 2.75) is 20.8 Å². The Labute approximate surface area is 112 Å². The van der Waals surface area contributed by atoms with Crippen LogP contribution in [0.25, 0.3) is 0 Å². The average Bonchev–Trinajstić information content (AvgIpc) is 2.26. The first-order chi connectivity index (χ1) is 8.95. The molecule has 0 aliphatic carbocycles. The Morgan fingerprint density at radius 1 is 0.947 bits per heavy atom. The van der Waals surface area contributed by atoms with Gasteiger partial charge < -0.3 is 5.32 Å². The molecule has 0 bridgehead atoms.